The Labute approximate surface area is 89.3 Å². The maximum atomic E-state index is 5.25. The van der Waals surface area contributed by atoms with E-state index in [9.17, 15) is 0 Å². The van der Waals surface area contributed by atoms with Gasteiger partial charge in [0.25, 0.3) is 0 Å². The summed E-state index contributed by atoms with van der Waals surface area (Å²) in [5, 5.41) is 0. The molecule has 0 aliphatic rings. The summed E-state index contributed by atoms with van der Waals surface area (Å²) in [5.74, 6) is 1.06. The predicted molar refractivity (Wildman–Crippen MR) is 61.8 cm³/mol. The highest BCUT2D eigenvalue weighted by Crippen LogP contribution is 2.16. The molecule has 0 N–H and O–H groups in total. The van der Waals surface area contributed by atoms with Crippen LogP contribution in [-0.2, 0) is 4.74 Å². The van der Waals surface area contributed by atoms with Crippen molar-refractivity contribution in [2.75, 3.05) is 7.11 Å². The van der Waals surface area contributed by atoms with E-state index in [1.54, 1.807) is 7.11 Å². The minimum absolute atomic E-state index is 0.933. The lowest BCUT2D eigenvalue weighted by atomic mass is 10.1. The van der Waals surface area contributed by atoms with Crippen LogP contribution in [0.5, 0.6) is 0 Å². The van der Waals surface area contributed by atoms with Gasteiger partial charge in [-0.3, -0.25) is 0 Å². The Kier molecular flexibility index (Phi) is 6.69. The summed E-state index contributed by atoms with van der Waals surface area (Å²) < 4.78 is 5.25. The lowest BCUT2D eigenvalue weighted by Gasteiger charge is -2.08. The van der Waals surface area contributed by atoms with E-state index in [4.69, 9.17) is 4.74 Å². The minimum atomic E-state index is 0.933. The van der Waals surface area contributed by atoms with Gasteiger partial charge in [0.05, 0.1) is 12.9 Å². The molecule has 0 aliphatic carbocycles. The van der Waals surface area contributed by atoms with Gasteiger partial charge in [-0.15, -0.1) is 0 Å². The molecule has 0 aromatic carbocycles. The zero-order valence-corrected chi connectivity index (χ0v) is 10.1. The van der Waals surface area contributed by atoms with Crippen molar-refractivity contribution in [2.24, 2.45) is 0 Å². The monoisotopic (exact) mass is 244 g/mol. The summed E-state index contributed by atoms with van der Waals surface area (Å²) in [5.41, 5.74) is 2.43. The Balaban J connectivity index is 4.15. The van der Waals surface area contributed by atoms with Crippen LogP contribution in [0.4, 0.5) is 0 Å². The van der Waals surface area contributed by atoms with Gasteiger partial charge >= 0.3 is 0 Å². The topological polar surface area (TPSA) is 9.23 Å². The van der Waals surface area contributed by atoms with Crippen molar-refractivity contribution >= 4 is 15.9 Å². The van der Waals surface area contributed by atoms with E-state index in [1.807, 2.05) is 11.1 Å². The van der Waals surface area contributed by atoms with Crippen molar-refractivity contribution in [3.05, 3.63) is 34.5 Å². The van der Waals surface area contributed by atoms with Gasteiger partial charge in [-0.2, -0.15) is 0 Å². The molecule has 74 valence electrons. The van der Waals surface area contributed by atoms with E-state index in [1.165, 1.54) is 11.1 Å². The van der Waals surface area contributed by atoms with Gasteiger partial charge in [0.15, 0.2) is 0 Å². The van der Waals surface area contributed by atoms with Crippen LogP contribution in [0.3, 0.4) is 0 Å². The lowest BCUT2D eigenvalue weighted by Crippen LogP contribution is -1.91. The summed E-state index contributed by atoms with van der Waals surface area (Å²) in [6.07, 6.45) is 3.75. The molecule has 0 bridgehead atoms. The van der Waals surface area contributed by atoms with Gasteiger partial charge < -0.3 is 4.74 Å². The molecule has 0 atom stereocenters. The van der Waals surface area contributed by atoms with Gasteiger partial charge in [-0.1, -0.05) is 28.6 Å². The van der Waals surface area contributed by atoms with Crippen LogP contribution in [0, 0.1) is 0 Å². The third-order valence-corrected chi connectivity index (χ3v) is 2.44. The van der Waals surface area contributed by atoms with Crippen LogP contribution in [0.1, 0.15) is 26.7 Å². The minimum Gasteiger partial charge on any atom is -0.501 e. The number of hydrogen-bond acceptors (Lipinski definition) is 1. The number of rotatable bonds is 5. The average Bonchev–Trinajstić information content (AvgIpc) is 2.12. The molecule has 2 heteroatoms. The SMILES string of the molecule is C=C/C(=C\Br)CCC(OC)=C(C)C. The molecule has 0 rings (SSSR count). The molecule has 0 radical (unpaired) electrons. The third-order valence-electron chi connectivity index (χ3n) is 1.85. The Morgan fingerprint density at radius 3 is 2.31 bits per heavy atom. The molecule has 0 amide bonds. The van der Waals surface area contributed by atoms with E-state index in [-0.39, 0.29) is 0 Å². The summed E-state index contributed by atoms with van der Waals surface area (Å²) in [6.45, 7) is 7.84. The predicted octanol–water partition coefficient (Wildman–Crippen LogP) is 4.17. The van der Waals surface area contributed by atoms with Crippen molar-refractivity contribution < 1.29 is 4.74 Å². The molecular weight excluding hydrogens is 228 g/mol. The van der Waals surface area contributed by atoms with Gasteiger partial charge in [0, 0.05) is 6.42 Å². The molecule has 13 heavy (non-hydrogen) atoms. The number of halogens is 1. The summed E-state index contributed by atoms with van der Waals surface area (Å²) in [4.78, 5) is 1.90. The normalized spacial score (nSPS) is 10.9. The Morgan fingerprint density at radius 1 is 1.38 bits per heavy atom. The molecule has 0 aliphatic heterocycles. The first-order valence-electron chi connectivity index (χ1n) is 4.27. The molecule has 0 spiro atoms. The van der Waals surface area contributed by atoms with Crippen LogP contribution < -0.4 is 0 Å². The van der Waals surface area contributed by atoms with Crippen molar-refractivity contribution in [3.8, 4) is 0 Å². The molecule has 0 saturated heterocycles. The highest BCUT2D eigenvalue weighted by Gasteiger charge is 2.00. The van der Waals surface area contributed by atoms with Crippen LogP contribution in [0.15, 0.2) is 34.5 Å². The quantitative estimate of drug-likeness (QED) is 0.521. The standard InChI is InChI=1S/C11H17BrO/c1-5-10(8-12)6-7-11(13-4)9(2)3/h5,8H,1,6-7H2,2-4H3/b10-8+. The van der Waals surface area contributed by atoms with Gasteiger partial charge in [-0.05, 0) is 36.4 Å². The zero-order chi connectivity index (χ0) is 10.3. The van der Waals surface area contributed by atoms with E-state index in [0.717, 1.165) is 18.6 Å². The first-order chi connectivity index (χ1) is 6.15. The number of allylic oxidation sites excluding steroid dienone is 4. The van der Waals surface area contributed by atoms with Crippen molar-refractivity contribution in [1.82, 2.24) is 0 Å². The molecule has 0 unspecified atom stereocenters. The second-order valence-electron chi connectivity index (χ2n) is 3.02. The highest BCUT2D eigenvalue weighted by atomic mass is 79.9. The molecule has 0 saturated carbocycles. The van der Waals surface area contributed by atoms with Crippen LogP contribution in [-0.4, -0.2) is 7.11 Å². The van der Waals surface area contributed by atoms with Crippen molar-refractivity contribution in [3.63, 3.8) is 0 Å². The van der Waals surface area contributed by atoms with Gasteiger partial charge in [0.1, 0.15) is 0 Å². The number of methoxy groups -OCH3 is 1. The van der Waals surface area contributed by atoms with E-state index in [0.29, 0.717) is 0 Å². The molecule has 0 aromatic heterocycles. The summed E-state index contributed by atoms with van der Waals surface area (Å²) in [6, 6.07) is 0. The molecule has 0 fully saturated rings. The Bertz CT molecular complexity index is 222. The average molecular weight is 245 g/mol. The lowest BCUT2D eigenvalue weighted by molar-refractivity contribution is 0.272. The van der Waals surface area contributed by atoms with Crippen molar-refractivity contribution in [1.29, 1.82) is 0 Å². The fourth-order valence-corrected chi connectivity index (χ4v) is 1.43. The third kappa shape index (κ3) is 4.94. The first kappa shape index (κ1) is 12.5. The fraction of sp³-hybridized carbons (Fsp3) is 0.455. The Morgan fingerprint density at radius 2 is 2.00 bits per heavy atom. The van der Waals surface area contributed by atoms with E-state index < -0.39 is 0 Å². The summed E-state index contributed by atoms with van der Waals surface area (Å²) in [7, 11) is 1.72. The van der Waals surface area contributed by atoms with Crippen LogP contribution in [0.2, 0.25) is 0 Å². The van der Waals surface area contributed by atoms with Crippen LogP contribution in [0.25, 0.3) is 0 Å². The zero-order valence-electron chi connectivity index (χ0n) is 8.56. The van der Waals surface area contributed by atoms with Crippen molar-refractivity contribution in [2.45, 2.75) is 26.7 Å². The molecule has 1 nitrogen and oxygen atoms in total. The van der Waals surface area contributed by atoms with E-state index in [2.05, 4.69) is 36.4 Å². The second kappa shape index (κ2) is 6.96. The molecular formula is C11H17BrO. The number of hydrogen-bond donors (Lipinski definition) is 0. The van der Waals surface area contributed by atoms with E-state index >= 15 is 0 Å². The first-order valence-corrected chi connectivity index (χ1v) is 5.19. The maximum absolute atomic E-state index is 5.25. The summed E-state index contributed by atoms with van der Waals surface area (Å²) >= 11 is 3.29. The molecule has 0 aromatic rings. The number of ether oxygens (including phenoxy) is 1. The fourth-order valence-electron chi connectivity index (χ4n) is 1.02. The van der Waals surface area contributed by atoms with Gasteiger partial charge in [-0.25, -0.2) is 0 Å². The Hall–Kier alpha value is -0.500. The molecule has 0 heterocycles. The maximum Gasteiger partial charge on any atom is 0.0945 e. The van der Waals surface area contributed by atoms with Crippen LogP contribution >= 0.6 is 15.9 Å². The smallest absolute Gasteiger partial charge is 0.0945 e. The largest absolute Gasteiger partial charge is 0.501 e. The highest BCUT2D eigenvalue weighted by molar-refractivity contribution is 9.11. The second-order valence-corrected chi connectivity index (χ2v) is 3.47. The van der Waals surface area contributed by atoms with Gasteiger partial charge in [0.2, 0.25) is 0 Å².